The second-order valence-electron chi connectivity index (χ2n) is 14.1. The lowest BCUT2D eigenvalue weighted by molar-refractivity contribution is -0.134. The van der Waals surface area contributed by atoms with Crippen molar-refractivity contribution in [3.63, 3.8) is 0 Å². The third-order valence-electron chi connectivity index (χ3n) is 10.7. The molecule has 2 amide bonds. The molecule has 1 aliphatic carbocycles. The van der Waals surface area contributed by atoms with Crippen molar-refractivity contribution in [2.75, 3.05) is 31.6 Å². The predicted molar refractivity (Wildman–Crippen MR) is 194 cm³/mol. The van der Waals surface area contributed by atoms with Gasteiger partial charge < -0.3 is 15.0 Å². The van der Waals surface area contributed by atoms with Crippen molar-refractivity contribution in [3.05, 3.63) is 81.4 Å². The first kappa shape index (κ1) is 34.5. The number of amides is 2. The number of hydrogen-bond acceptors (Lipinski definition) is 10. The van der Waals surface area contributed by atoms with E-state index in [2.05, 4.69) is 31.6 Å². The molecule has 2 saturated heterocycles. The number of Topliss-reactive ketones (excluding diaryl/α,β-unsaturated/α-hetero) is 1. The summed E-state index contributed by atoms with van der Waals surface area (Å²) in [5, 5.41) is 6.36. The highest BCUT2D eigenvalue weighted by Crippen LogP contribution is 2.33. The van der Waals surface area contributed by atoms with E-state index in [4.69, 9.17) is 9.72 Å². The van der Waals surface area contributed by atoms with E-state index >= 15 is 0 Å². The Kier molecular flexibility index (Phi) is 10.2. The Balaban J connectivity index is 0.898. The second-order valence-corrected chi connectivity index (χ2v) is 14.1. The number of nitrogens with one attached hydrogen (secondary N) is 2. The van der Waals surface area contributed by atoms with Crippen LogP contribution in [0, 0.1) is 6.92 Å². The second kappa shape index (κ2) is 15.1. The molecule has 12 heteroatoms. The lowest BCUT2D eigenvalue weighted by Gasteiger charge is -2.32. The van der Waals surface area contributed by atoms with Gasteiger partial charge in [0, 0.05) is 36.8 Å². The van der Waals surface area contributed by atoms with Gasteiger partial charge in [-0.05, 0) is 106 Å². The SMILES string of the molecule is CC(=O)c1c(C)c2cnc(Nc3ccc(C4CCN(CCCOc5ccc(C6CCC(=O)NC6=O)cc5)CC4)cn3)nc2n(C2CCCC2)c1=O. The molecule has 5 heterocycles. The van der Waals surface area contributed by atoms with E-state index in [1.54, 1.807) is 17.7 Å². The summed E-state index contributed by atoms with van der Waals surface area (Å²) < 4.78 is 7.69. The van der Waals surface area contributed by atoms with Crippen LogP contribution in [0.2, 0.25) is 0 Å². The number of nitrogens with zero attached hydrogens (tertiary/aromatic N) is 5. The molecule has 266 valence electrons. The average molecular weight is 692 g/mol. The summed E-state index contributed by atoms with van der Waals surface area (Å²) in [6.07, 6.45) is 11.5. The van der Waals surface area contributed by atoms with E-state index in [1.807, 2.05) is 36.5 Å². The van der Waals surface area contributed by atoms with Crippen LogP contribution in [-0.2, 0) is 9.59 Å². The van der Waals surface area contributed by atoms with Crippen LogP contribution in [-0.4, -0.2) is 68.3 Å². The molecule has 2 N–H and O–H groups in total. The number of ether oxygens (including phenoxy) is 1. The first-order chi connectivity index (χ1) is 24.7. The normalized spacial score (nSPS) is 19.0. The number of rotatable bonds is 11. The number of aryl methyl sites for hydroxylation is 1. The van der Waals surface area contributed by atoms with Crippen LogP contribution >= 0.6 is 0 Å². The molecule has 3 aliphatic rings. The minimum Gasteiger partial charge on any atom is -0.494 e. The Morgan fingerprint density at radius 2 is 1.69 bits per heavy atom. The largest absolute Gasteiger partial charge is 0.494 e. The smallest absolute Gasteiger partial charge is 0.263 e. The molecule has 0 spiro atoms. The maximum absolute atomic E-state index is 13.5. The molecule has 7 rings (SSSR count). The van der Waals surface area contributed by atoms with Crippen molar-refractivity contribution >= 4 is 40.4 Å². The molecule has 1 aromatic carbocycles. The van der Waals surface area contributed by atoms with Gasteiger partial charge in [-0.3, -0.25) is 29.1 Å². The fourth-order valence-corrected chi connectivity index (χ4v) is 7.92. The van der Waals surface area contributed by atoms with Crippen molar-refractivity contribution in [2.45, 2.75) is 89.5 Å². The standard InChI is InChI=1S/C39H45N7O5/c1-24-32-23-41-39(44-36(32)46(29-6-3-4-7-29)38(50)35(24)25(2)47)42-33-14-10-28(22-40-33)26-16-19-45(20-17-26)18-5-21-51-30-11-8-27(9-12-30)31-13-15-34(48)43-37(31)49/h8-12,14,22-23,26,29,31H,3-7,13,15-21H2,1-2H3,(H,43,48,49)(H,40,41,42,44). The van der Waals surface area contributed by atoms with Gasteiger partial charge in [-0.15, -0.1) is 0 Å². The van der Waals surface area contributed by atoms with Gasteiger partial charge in [0.1, 0.15) is 17.2 Å². The number of imide groups is 1. The van der Waals surface area contributed by atoms with Gasteiger partial charge in [0.2, 0.25) is 17.8 Å². The van der Waals surface area contributed by atoms with E-state index in [0.717, 1.165) is 81.3 Å². The fourth-order valence-electron chi connectivity index (χ4n) is 7.92. The first-order valence-electron chi connectivity index (χ1n) is 18.2. The highest BCUT2D eigenvalue weighted by atomic mass is 16.5. The summed E-state index contributed by atoms with van der Waals surface area (Å²) >= 11 is 0. The summed E-state index contributed by atoms with van der Waals surface area (Å²) in [5.41, 5.74) is 3.27. The summed E-state index contributed by atoms with van der Waals surface area (Å²) in [6, 6.07) is 11.7. The van der Waals surface area contributed by atoms with Crippen molar-refractivity contribution in [3.8, 4) is 5.75 Å². The van der Waals surface area contributed by atoms with Crippen LogP contribution in [0.5, 0.6) is 5.75 Å². The Morgan fingerprint density at radius 3 is 2.37 bits per heavy atom. The zero-order valence-corrected chi connectivity index (χ0v) is 29.3. The number of likely N-dealkylation sites (tertiary alicyclic amines) is 1. The molecule has 0 radical (unpaired) electrons. The maximum atomic E-state index is 13.5. The topological polar surface area (TPSA) is 148 Å². The number of fused-ring (bicyclic) bond motifs is 1. The summed E-state index contributed by atoms with van der Waals surface area (Å²) in [6.45, 7) is 6.86. The predicted octanol–water partition coefficient (Wildman–Crippen LogP) is 5.72. The molecule has 12 nitrogen and oxygen atoms in total. The molecular formula is C39H45N7O5. The van der Waals surface area contributed by atoms with Crippen LogP contribution in [0.4, 0.5) is 11.8 Å². The van der Waals surface area contributed by atoms with E-state index in [9.17, 15) is 19.2 Å². The number of ketones is 1. The van der Waals surface area contributed by atoms with E-state index in [0.29, 0.717) is 48.3 Å². The van der Waals surface area contributed by atoms with Gasteiger partial charge in [-0.25, -0.2) is 9.97 Å². The molecule has 2 aliphatic heterocycles. The number of carbonyl (C=O) groups excluding carboxylic acids is 3. The van der Waals surface area contributed by atoms with Crippen LogP contribution in [0.3, 0.4) is 0 Å². The molecule has 1 unspecified atom stereocenters. The lowest BCUT2D eigenvalue weighted by Crippen LogP contribution is -2.39. The number of hydrogen-bond donors (Lipinski definition) is 2. The van der Waals surface area contributed by atoms with Crippen molar-refractivity contribution in [1.82, 2.24) is 29.7 Å². The summed E-state index contributed by atoms with van der Waals surface area (Å²) in [4.78, 5) is 66.0. The van der Waals surface area contributed by atoms with Crippen LogP contribution in [0.25, 0.3) is 11.0 Å². The lowest BCUT2D eigenvalue weighted by atomic mass is 9.90. The van der Waals surface area contributed by atoms with Gasteiger partial charge in [0.15, 0.2) is 5.78 Å². The highest BCUT2D eigenvalue weighted by molar-refractivity contribution is 6.01. The Labute approximate surface area is 297 Å². The molecular weight excluding hydrogens is 646 g/mol. The maximum Gasteiger partial charge on any atom is 0.263 e. The van der Waals surface area contributed by atoms with Crippen molar-refractivity contribution in [1.29, 1.82) is 0 Å². The number of benzene rings is 1. The molecule has 3 aromatic heterocycles. The number of carbonyl (C=O) groups is 3. The van der Waals surface area contributed by atoms with Crippen molar-refractivity contribution < 1.29 is 19.1 Å². The minimum absolute atomic E-state index is 0.0247. The number of aromatic nitrogens is 4. The zero-order chi connectivity index (χ0) is 35.5. The van der Waals surface area contributed by atoms with Gasteiger partial charge in [0.05, 0.1) is 18.1 Å². The first-order valence-corrected chi connectivity index (χ1v) is 18.2. The fraction of sp³-hybridized carbons (Fsp3) is 0.462. The summed E-state index contributed by atoms with van der Waals surface area (Å²) in [5.74, 6) is 1.28. The minimum atomic E-state index is -0.284. The quantitative estimate of drug-likeness (QED) is 0.114. The third kappa shape index (κ3) is 7.56. The van der Waals surface area contributed by atoms with E-state index < -0.39 is 0 Å². The van der Waals surface area contributed by atoms with Crippen LogP contribution in [0.15, 0.2) is 53.6 Å². The Morgan fingerprint density at radius 1 is 0.941 bits per heavy atom. The molecule has 0 bridgehead atoms. The van der Waals surface area contributed by atoms with Crippen molar-refractivity contribution in [2.24, 2.45) is 0 Å². The van der Waals surface area contributed by atoms with Gasteiger partial charge in [-0.1, -0.05) is 31.0 Å². The van der Waals surface area contributed by atoms with E-state index in [-0.39, 0.29) is 40.7 Å². The monoisotopic (exact) mass is 691 g/mol. The van der Waals surface area contributed by atoms with Gasteiger partial charge >= 0.3 is 0 Å². The van der Waals surface area contributed by atoms with Crippen LogP contribution < -0.4 is 20.9 Å². The zero-order valence-electron chi connectivity index (χ0n) is 29.3. The number of anilines is 2. The Hall–Kier alpha value is -4.97. The summed E-state index contributed by atoms with van der Waals surface area (Å²) in [7, 11) is 0. The molecule has 4 aromatic rings. The van der Waals surface area contributed by atoms with E-state index in [1.165, 1.54) is 12.5 Å². The number of piperidine rings is 2. The Bertz CT molecular complexity index is 1980. The van der Waals surface area contributed by atoms with Gasteiger partial charge in [0.25, 0.3) is 5.56 Å². The molecule has 1 atom stereocenters. The molecule has 3 fully saturated rings. The molecule has 51 heavy (non-hydrogen) atoms. The van der Waals surface area contributed by atoms with Gasteiger partial charge in [-0.2, -0.15) is 4.98 Å². The molecule has 1 saturated carbocycles. The highest BCUT2D eigenvalue weighted by Gasteiger charge is 2.28. The number of pyridine rings is 2. The third-order valence-corrected chi connectivity index (χ3v) is 10.7. The van der Waals surface area contributed by atoms with Crippen LogP contribution in [0.1, 0.15) is 110 Å². The average Bonchev–Trinajstić information content (AvgIpc) is 3.66.